The van der Waals surface area contributed by atoms with Crippen molar-refractivity contribution >= 4 is 35.0 Å². The highest BCUT2D eigenvalue weighted by atomic mass is 35.5. The zero-order chi connectivity index (χ0) is 25.4. The van der Waals surface area contributed by atoms with E-state index in [2.05, 4.69) is 11.4 Å². The molecule has 2 aromatic carbocycles. The van der Waals surface area contributed by atoms with Gasteiger partial charge in [-0.05, 0) is 69.4 Å². The number of ether oxygens (including phenoxy) is 1. The third-order valence-electron chi connectivity index (χ3n) is 7.66. The first-order chi connectivity index (χ1) is 17.3. The Morgan fingerprint density at radius 3 is 2.33 bits per heavy atom. The van der Waals surface area contributed by atoms with Crippen molar-refractivity contribution in [2.75, 3.05) is 26.2 Å². The molecule has 8 heteroatoms. The lowest BCUT2D eigenvalue weighted by molar-refractivity contribution is -0.143. The number of hydrogen-bond acceptors (Lipinski definition) is 4. The third-order valence-corrected chi connectivity index (χ3v) is 8.40. The lowest BCUT2D eigenvalue weighted by Gasteiger charge is -2.42. The number of halogens is 2. The van der Waals surface area contributed by atoms with Gasteiger partial charge in [0.15, 0.2) is 0 Å². The number of nitrogens with one attached hydrogen (secondary N) is 1. The van der Waals surface area contributed by atoms with Crippen LogP contribution in [-0.2, 0) is 9.53 Å². The third kappa shape index (κ3) is 5.57. The first-order valence-corrected chi connectivity index (χ1v) is 13.5. The number of fused-ring (bicyclic) bond motifs is 2. The summed E-state index contributed by atoms with van der Waals surface area (Å²) in [5.74, 6) is -0.0872. The molecule has 3 fully saturated rings. The number of amides is 2. The average Bonchev–Trinajstić information content (AvgIpc) is 3.20. The molecule has 2 amide bonds. The molecule has 3 aliphatic heterocycles. The van der Waals surface area contributed by atoms with Gasteiger partial charge in [-0.25, -0.2) is 0 Å². The van der Waals surface area contributed by atoms with Crippen LogP contribution in [0.25, 0.3) is 0 Å². The summed E-state index contributed by atoms with van der Waals surface area (Å²) in [4.78, 5) is 30.5. The standard InChI is InChI=1S/C28H33Cl2N3O3/c1-17-9-18(2)11-20(10-17)28(35)32-7-8-33(26(15-32)19-3-6-24(29)25(30)12-19)27(34)16-36-23-13-21-4-5-22(14-23)31-21/h3,6,9-12,21-23,26,31H,4-5,7-8,13-16H2,1-2H3/t21-,22-,26-/m0/s1. The number of hydrogen-bond donors (Lipinski definition) is 1. The van der Waals surface area contributed by atoms with Crippen LogP contribution in [0.1, 0.15) is 58.8 Å². The molecule has 5 rings (SSSR count). The van der Waals surface area contributed by atoms with E-state index in [0.29, 0.717) is 47.3 Å². The molecule has 2 bridgehead atoms. The zero-order valence-corrected chi connectivity index (χ0v) is 22.3. The van der Waals surface area contributed by atoms with Crippen LogP contribution in [0, 0.1) is 13.8 Å². The molecule has 36 heavy (non-hydrogen) atoms. The topological polar surface area (TPSA) is 61.9 Å². The molecular weight excluding hydrogens is 497 g/mol. The van der Waals surface area contributed by atoms with Crippen LogP contribution in [0.5, 0.6) is 0 Å². The van der Waals surface area contributed by atoms with E-state index in [1.165, 1.54) is 12.8 Å². The maximum absolute atomic E-state index is 13.4. The Kier molecular flexibility index (Phi) is 7.59. The molecule has 0 aromatic heterocycles. The summed E-state index contributed by atoms with van der Waals surface area (Å²) < 4.78 is 6.12. The molecule has 0 saturated carbocycles. The molecule has 3 atom stereocenters. The molecular formula is C28H33Cl2N3O3. The van der Waals surface area contributed by atoms with Crippen molar-refractivity contribution in [2.45, 2.75) is 63.8 Å². The van der Waals surface area contributed by atoms with Crippen LogP contribution in [0.15, 0.2) is 36.4 Å². The Balaban J connectivity index is 1.32. The molecule has 3 aliphatic rings. The highest BCUT2D eigenvalue weighted by molar-refractivity contribution is 6.42. The quantitative estimate of drug-likeness (QED) is 0.596. The number of carbonyl (C=O) groups excluding carboxylic acids is 2. The summed E-state index contributed by atoms with van der Waals surface area (Å²) in [7, 11) is 0. The van der Waals surface area contributed by atoms with Crippen LogP contribution in [0.3, 0.4) is 0 Å². The van der Waals surface area contributed by atoms with Gasteiger partial charge in [-0.2, -0.15) is 0 Å². The van der Waals surface area contributed by atoms with E-state index in [9.17, 15) is 9.59 Å². The van der Waals surface area contributed by atoms with Gasteiger partial charge in [-0.1, -0.05) is 46.5 Å². The predicted octanol–water partition coefficient (Wildman–Crippen LogP) is 4.94. The average molecular weight is 530 g/mol. The van der Waals surface area contributed by atoms with Crippen molar-refractivity contribution in [3.8, 4) is 0 Å². The van der Waals surface area contributed by atoms with E-state index in [1.807, 2.05) is 41.8 Å². The Morgan fingerprint density at radius 1 is 0.972 bits per heavy atom. The minimum absolute atomic E-state index is 0.0274. The molecule has 2 aromatic rings. The fourth-order valence-electron chi connectivity index (χ4n) is 5.96. The van der Waals surface area contributed by atoms with Crippen molar-refractivity contribution in [1.82, 2.24) is 15.1 Å². The fourth-order valence-corrected chi connectivity index (χ4v) is 6.27. The van der Waals surface area contributed by atoms with Gasteiger partial charge in [-0.15, -0.1) is 0 Å². The predicted molar refractivity (Wildman–Crippen MR) is 142 cm³/mol. The fraction of sp³-hybridized carbons (Fsp3) is 0.500. The van der Waals surface area contributed by atoms with Crippen molar-refractivity contribution in [3.63, 3.8) is 0 Å². The number of nitrogens with zero attached hydrogens (tertiary/aromatic N) is 2. The van der Waals surface area contributed by atoms with Crippen LogP contribution < -0.4 is 5.32 Å². The van der Waals surface area contributed by atoms with Crippen molar-refractivity contribution in [1.29, 1.82) is 0 Å². The second kappa shape index (κ2) is 10.7. The summed E-state index contributed by atoms with van der Waals surface area (Å²) in [6, 6.07) is 12.0. The van der Waals surface area contributed by atoms with Crippen LogP contribution >= 0.6 is 23.2 Å². The zero-order valence-electron chi connectivity index (χ0n) is 20.8. The minimum Gasteiger partial charge on any atom is -0.368 e. The summed E-state index contributed by atoms with van der Waals surface area (Å²) in [5, 5.41) is 4.50. The van der Waals surface area contributed by atoms with Crippen LogP contribution in [0.4, 0.5) is 0 Å². The lowest BCUT2D eigenvalue weighted by Crippen LogP contribution is -2.53. The van der Waals surface area contributed by atoms with E-state index >= 15 is 0 Å². The first-order valence-electron chi connectivity index (χ1n) is 12.8. The number of aryl methyl sites for hydroxylation is 2. The van der Waals surface area contributed by atoms with Crippen molar-refractivity contribution in [2.24, 2.45) is 0 Å². The van der Waals surface area contributed by atoms with E-state index in [0.717, 1.165) is 29.5 Å². The number of carbonyl (C=O) groups is 2. The molecule has 1 N–H and O–H groups in total. The highest BCUT2D eigenvalue weighted by Crippen LogP contribution is 2.32. The molecule has 3 saturated heterocycles. The Bertz CT molecular complexity index is 1120. The van der Waals surface area contributed by atoms with Gasteiger partial charge in [0.25, 0.3) is 5.91 Å². The van der Waals surface area contributed by atoms with Gasteiger partial charge < -0.3 is 19.9 Å². The largest absolute Gasteiger partial charge is 0.368 e. The SMILES string of the molecule is Cc1cc(C)cc(C(=O)N2CCN(C(=O)COC3C[C@@H]4CC[C@@H](C3)N4)[C@H](c3ccc(Cl)c(Cl)c3)C2)c1. The number of benzene rings is 2. The van der Waals surface area contributed by atoms with Crippen molar-refractivity contribution in [3.05, 3.63) is 68.7 Å². The Morgan fingerprint density at radius 2 is 1.67 bits per heavy atom. The summed E-state index contributed by atoms with van der Waals surface area (Å²) in [6.07, 6.45) is 4.41. The molecule has 0 spiro atoms. The molecule has 0 aliphatic carbocycles. The van der Waals surface area contributed by atoms with Gasteiger partial charge in [0.05, 0.1) is 22.2 Å². The smallest absolute Gasteiger partial charge is 0.254 e. The number of rotatable bonds is 5. The maximum atomic E-state index is 13.4. The van der Waals surface area contributed by atoms with Gasteiger partial charge in [0.1, 0.15) is 6.61 Å². The summed E-state index contributed by atoms with van der Waals surface area (Å²) in [6.45, 7) is 5.31. The Labute approximate surface area is 222 Å². The van der Waals surface area contributed by atoms with E-state index in [4.69, 9.17) is 27.9 Å². The van der Waals surface area contributed by atoms with E-state index in [1.54, 1.807) is 12.1 Å². The van der Waals surface area contributed by atoms with E-state index < -0.39 is 0 Å². The van der Waals surface area contributed by atoms with Crippen molar-refractivity contribution < 1.29 is 14.3 Å². The number of piperidine rings is 1. The summed E-state index contributed by atoms with van der Waals surface area (Å²) in [5.41, 5.74) is 3.63. The maximum Gasteiger partial charge on any atom is 0.254 e. The second-order valence-corrected chi connectivity index (χ2v) is 11.3. The highest BCUT2D eigenvalue weighted by Gasteiger charge is 2.37. The molecule has 192 valence electrons. The molecule has 0 radical (unpaired) electrons. The first kappa shape index (κ1) is 25.5. The number of piperazine rings is 1. The summed E-state index contributed by atoms with van der Waals surface area (Å²) >= 11 is 12.5. The van der Waals surface area contributed by atoms with Crippen LogP contribution in [0.2, 0.25) is 10.0 Å². The molecule has 0 unspecified atom stereocenters. The minimum atomic E-state index is -0.330. The van der Waals surface area contributed by atoms with Gasteiger partial charge in [-0.3, -0.25) is 9.59 Å². The van der Waals surface area contributed by atoms with Gasteiger partial charge >= 0.3 is 0 Å². The van der Waals surface area contributed by atoms with Gasteiger partial charge in [0.2, 0.25) is 5.91 Å². The monoisotopic (exact) mass is 529 g/mol. The Hall–Kier alpha value is -2.12. The normalized spacial score (nSPS) is 25.8. The van der Waals surface area contributed by atoms with Gasteiger partial charge in [0, 0.05) is 37.3 Å². The molecule has 6 nitrogen and oxygen atoms in total. The van der Waals surface area contributed by atoms with Crippen LogP contribution in [-0.4, -0.2) is 66.0 Å². The van der Waals surface area contributed by atoms with E-state index in [-0.39, 0.29) is 30.6 Å². The molecule has 3 heterocycles. The second-order valence-electron chi connectivity index (χ2n) is 10.4. The lowest BCUT2D eigenvalue weighted by atomic mass is 10.0.